The van der Waals surface area contributed by atoms with Crippen molar-refractivity contribution >= 4 is 50.8 Å². The molecule has 0 bridgehead atoms. The number of halogens is 1. The van der Waals surface area contributed by atoms with Gasteiger partial charge in [0, 0.05) is 5.02 Å². The monoisotopic (exact) mass is 465 g/mol. The van der Waals surface area contributed by atoms with E-state index in [2.05, 4.69) is 4.98 Å². The molecule has 162 valence electrons. The van der Waals surface area contributed by atoms with Crippen LogP contribution >= 0.6 is 22.9 Å². The highest BCUT2D eigenvalue weighted by molar-refractivity contribution is 7.19. The molecule has 4 rings (SSSR count). The van der Waals surface area contributed by atoms with Gasteiger partial charge < -0.3 is 14.6 Å². The predicted molar refractivity (Wildman–Crippen MR) is 129 cm³/mol. The number of methoxy groups -OCH3 is 1. The normalized spacial score (nSPS) is 11.5. The number of carboxylic acids is 1. The highest BCUT2D eigenvalue weighted by atomic mass is 35.5. The molecule has 3 aromatic carbocycles. The summed E-state index contributed by atoms with van der Waals surface area (Å²) in [5, 5.41) is 10.8. The van der Waals surface area contributed by atoms with E-state index < -0.39 is 5.97 Å². The smallest absolute Gasteiger partial charge is 0.307 e. The van der Waals surface area contributed by atoms with Gasteiger partial charge in [0.25, 0.3) is 0 Å². The fraction of sp³-hybridized carbons (Fsp3) is 0.120. The van der Waals surface area contributed by atoms with Gasteiger partial charge in [-0.3, -0.25) is 4.79 Å². The standard InChI is InChI=1S/C25H20ClNO4S/c1-30-22-13-17(8-11-21(22)31-15-16-6-9-19(26)10-7-16)12-18(14-24(28)29)25-27-20-4-2-3-5-23(20)32-25/h2-13H,14-15H2,1H3,(H,28,29). The highest BCUT2D eigenvalue weighted by Crippen LogP contribution is 2.33. The number of thiazole rings is 1. The van der Waals surface area contributed by atoms with Crippen LogP contribution in [0.15, 0.2) is 66.7 Å². The van der Waals surface area contributed by atoms with Crippen LogP contribution in [0.1, 0.15) is 22.6 Å². The van der Waals surface area contributed by atoms with Gasteiger partial charge in [0.2, 0.25) is 0 Å². The maximum absolute atomic E-state index is 11.5. The zero-order valence-corrected chi connectivity index (χ0v) is 18.8. The number of nitrogens with zero attached hydrogens (tertiary/aromatic N) is 1. The molecule has 1 aromatic heterocycles. The Kier molecular flexibility index (Phi) is 6.73. The molecule has 7 heteroatoms. The molecule has 1 heterocycles. The summed E-state index contributed by atoms with van der Waals surface area (Å²) in [6, 6.07) is 20.7. The predicted octanol–water partition coefficient (Wildman–Crippen LogP) is 6.55. The van der Waals surface area contributed by atoms with Gasteiger partial charge in [0.1, 0.15) is 11.6 Å². The second kappa shape index (κ2) is 9.85. The van der Waals surface area contributed by atoms with Crippen molar-refractivity contribution in [1.29, 1.82) is 0 Å². The second-order valence-electron chi connectivity index (χ2n) is 7.05. The number of hydrogen-bond donors (Lipinski definition) is 1. The van der Waals surface area contributed by atoms with Gasteiger partial charge in [-0.05, 0) is 59.2 Å². The van der Waals surface area contributed by atoms with Crippen molar-refractivity contribution in [3.63, 3.8) is 0 Å². The van der Waals surface area contributed by atoms with E-state index in [1.54, 1.807) is 7.11 Å². The van der Waals surface area contributed by atoms with Crippen molar-refractivity contribution < 1.29 is 19.4 Å². The number of hydrogen-bond acceptors (Lipinski definition) is 5. The summed E-state index contributed by atoms with van der Waals surface area (Å²) in [7, 11) is 1.57. The van der Waals surface area contributed by atoms with Gasteiger partial charge in [0.15, 0.2) is 11.5 Å². The summed E-state index contributed by atoms with van der Waals surface area (Å²) in [4.78, 5) is 16.1. The molecule has 0 fully saturated rings. The van der Waals surface area contributed by atoms with E-state index in [9.17, 15) is 9.90 Å². The molecular weight excluding hydrogens is 446 g/mol. The van der Waals surface area contributed by atoms with Crippen LogP contribution in [0.25, 0.3) is 21.9 Å². The first kappa shape index (κ1) is 21.9. The van der Waals surface area contributed by atoms with Crippen molar-refractivity contribution in [2.75, 3.05) is 7.11 Å². The van der Waals surface area contributed by atoms with Gasteiger partial charge in [0.05, 0.1) is 23.7 Å². The van der Waals surface area contributed by atoms with Crippen LogP contribution < -0.4 is 9.47 Å². The number of aliphatic carboxylic acids is 1. The average Bonchev–Trinajstić information content (AvgIpc) is 3.23. The quantitative estimate of drug-likeness (QED) is 0.319. The number of carboxylic acid groups (broad SMARTS) is 1. The molecule has 0 spiro atoms. The van der Waals surface area contributed by atoms with Crippen molar-refractivity contribution in [3.05, 3.63) is 87.9 Å². The van der Waals surface area contributed by atoms with Crippen LogP contribution in [-0.4, -0.2) is 23.2 Å². The molecule has 4 aromatic rings. The van der Waals surface area contributed by atoms with Crippen LogP contribution in [0.4, 0.5) is 0 Å². The first-order valence-corrected chi connectivity index (χ1v) is 11.0. The number of benzene rings is 3. The average molecular weight is 466 g/mol. The zero-order chi connectivity index (χ0) is 22.5. The molecular formula is C25H20ClNO4S. The summed E-state index contributed by atoms with van der Waals surface area (Å²) in [6.45, 7) is 0.374. The second-order valence-corrected chi connectivity index (χ2v) is 8.52. The minimum absolute atomic E-state index is 0.128. The maximum Gasteiger partial charge on any atom is 0.307 e. The minimum Gasteiger partial charge on any atom is -0.493 e. The molecule has 0 radical (unpaired) electrons. The van der Waals surface area contributed by atoms with Crippen LogP contribution in [0.3, 0.4) is 0 Å². The molecule has 32 heavy (non-hydrogen) atoms. The number of para-hydroxylation sites is 1. The van der Waals surface area contributed by atoms with Crippen LogP contribution in [0.5, 0.6) is 11.5 Å². The number of carbonyl (C=O) groups is 1. The van der Waals surface area contributed by atoms with Crippen LogP contribution in [0.2, 0.25) is 5.02 Å². The van der Waals surface area contributed by atoms with E-state index in [0.29, 0.717) is 33.7 Å². The van der Waals surface area contributed by atoms with Crippen molar-refractivity contribution in [2.45, 2.75) is 13.0 Å². The maximum atomic E-state index is 11.5. The molecule has 1 N–H and O–H groups in total. The molecule has 0 amide bonds. The SMILES string of the molecule is COc1cc(C=C(CC(=O)O)c2nc3ccccc3s2)ccc1OCc1ccc(Cl)cc1. The molecule has 0 saturated heterocycles. The Hall–Kier alpha value is -3.35. The zero-order valence-electron chi connectivity index (χ0n) is 17.2. The molecule has 0 saturated carbocycles. The first-order chi connectivity index (χ1) is 15.5. The van der Waals surface area contributed by atoms with E-state index in [-0.39, 0.29) is 6.42 Å². The van der Waals surface area contributed by atoms with Crippen LogP contribution in [0, 0.1) is 0 Å². The third-order valence-corrected chi connectivity index (χ3v) is 6.11. The van der Waals surface area contributed by atoms with Crippen molar-refractivity contribution in [1.82, 2.24) is 4.98 Å². The Morgan fingerprint density at radius 2 is 1.88 bits per heavy atom. The van der Waals surface area contributed by atoms with E-state index in [1.807, 2.05) is 72.8 Å². The van der Waals surface area contributed by atoms with Crippen molar-refractivity contribution in [2.24, 2.45) is 0 Å². The summed E-state index contributed by atoms with van der Waals surface area (Å²) in [5.41, 5.74) is 3.28. The third kappa shape index (κ3) is 5.28. The molecule has 0 aliphatic heterocycles. The lowest BCUT2D eigenvalue weighted by Crippen LogP contribution is -1.99. The lowest BCUT2D eigenvalue weighted by Gasteiger charge is -2.12. The molecule has 0 aliphatic rings. The topological polar surface area (TPSA) is 68.7 Å². The Morgan fingerprint density at radius 1 is 1.09 bits per heavy atom. The summed E-state index contributed by atoms with van der Waals surface area (Å²) in [6.07, 6.45) is 1.70. The number of aromatic nitrogens is 1. The van der Waals surface area contributed by atoms with Crippen LogP contribution in [-0.2, 0) is 11.4 Å². The molecule has 5 nitrogen and oxygen atoms in total. The number of fused-ring (bicyclic) bond motifs is 1. The lowest BCUT2D eigenvalue weighted by molar-refractivity contribution is -0.135. The summed E-state index contributed by atoms with van der Waals surface area (Å²) in [5.74, 6) is 0.247. The number of rotatable bonds is 8. The van der Waals surface area contributed by atoms with E-state index in [4.69, 9.17) is 21.1 Å². The van der Waals surface area contributed by atoms with Gasteiger partial charge in [-0.25, -0.2) is 4.98 Å². The fourth-order valence-electron chi connectivity index (χ4n) is 3.20. The lowest BCUT2D eigenvalue weighted by atomic mass is 10.1. The summed E-state index contributed by atoms with van der Waals surface area (Å²) >= 11 is 7.41. The van der Waals surface area contributed by atoms with Gasteiger partial charge in [-0.2, -0.15) is 0 Å². The van der Waals surface area contributed by atoms with Crippen molar-refractivity contribution in [3.8, 4) is 11.5 Å². The fourth-order valence-corrected chi connectivity index (χ4v) is 4.30. The van der Waals surface area contributed by atoms with E-state index in [0.717, 1.165) is 21.3 Å². The largest absolute Gasteiger partial charge is 0.493 e. The van der Waals surface area contributed by atoms with Gasteiger partial charge in [-0.15, -0.1) is 11.3 Å². The summed E-state index contributed by atoms with van der Waals surface area (Å²) < 4.78 is 12.4. The molecule has 0 atom stereocenters. The third-order valence-electron chi connectivity index (χ3n) is 4.75. The Balaban J connectivity index is 1.61. The van der Waals surface area contributed by atoms with E-state index in [1.165, 1.54) is 11.3 Å². The Morgan fingerprint density at radius 3 is 2.59 bits per heavy atom. The van der Waals surface area contributed by atoms with Gasteiger partial charge >= 0.3 is 5.97 Å². The Bertz CT molecular complexity index is 1250. The number of ether oxygens (including phenoxy) is 2. The first-order valence-electron chi connectivity index (χ1n) is 9.85. The minimum atomic E-state index is -0.912. The Labute approximate surface area is 194 Å². The molecule has 0 aliphatic carbocycles. The van der Waals surface area contributed by atoms with E-state index >= 15 is 0 Å². The molecule has 0 unspecified atom stereocenters. The highest BCUT2D eigenvalue weighted by Gasteiger charge is 2.14. The van der Waals surface area contributed by atoms with Gasteiger partial charge in [-0.1, -0.05) is 41.9 Å².